The molecule has 30 atom stereocenters. The van der Waals surface area contributed by atoms with Crippen LogP contribution in [0.2, 0.25) is 0 Å². The van der Waals surface area contributed by atoms with Crippen molar-refractivity contribution in [1.29, 1.82) is 0 Å². The van der Waals surface area contributed by atoms with Crippen molar-refractivity contribution < 1.29 is 193 Å². The van der Waals surface area contributed by atoms with Gasteiger partial charge >= 0.3 is 79.0 Å². The lowest BCUT2D eigenvalue weighted by molar-refractivity contribution is -0.431. The molecule has 0 amide bonds. The topological polar surface area (TPSA) is 0 Å². The molecule has 21 unspecified atom stereocenters. The zero-order valence-corrected chi connectivity index (χ0v) is 65.3. The Hall–Kier alpha value is -3.08. The van der Waals surface area contributed by atoms with Crippen molar-refractivity contribution in [3.05, 3.63) is 0 Å². The summed E-state index contributed by atoms with van der Waals surface area (Å²) in [6.07, 6.45) is -39.7. The highest BCUT2D eigenvalue weighted by Gasteiger charge is 2.92. The third kappa shape index (κ3) is 22.2. The molecule has 0 saturated heterocycles. The Morgan fingerprint density at radius 2 is 0.581 bits per heavy atom. The molecule has 0 aliphatic heterocycles. The normalized spacial score (nSPS) is 42.5. The van der Waals surface area contributed by atoms with E-state index in [9.17, 15) is 193 Å². The van der Waals surface area contributed by atoms with Crippen LogP contribution in [0.15, 0.2) is 0 Å². The summed E-state index contributed by atoms with van der Waals surface area (Å²) in [7, 11) is 0. The predicted molar refractivity (Wildman–Crippen MR) is 342 cm³/mol. The third-order valence-corrected chi connectivity index (χ3v) is 26.3. The summed E-state index contributed by atoms with van der Waals surface area (Å²) in [6, 6.07) is 0. The lowest BCUT2D eigenvalue weighted by atomic mass is 9.53. The van der Waals surface area contributed by atoms with Crippen molar-refractivity contribution in [2.45, 2.75) is 316 Å². The van der Waals surface area contributed by atoms with Gasteiger partial charge in [0, 0.05) is 11.8 Å². The van der Waals surface area contributed by atoms with E-state index in [0.29, 0.717) is 32.1 Å². The molecule has 0 aromatic rings. The number of hydrogen-bond donors (Lipinski definition) is 0. The van der Waals surface area contributed by atoms with Gasteiger partial charge in [-0.05, 0) is 136 Å². The standard InChI is InChI=1S/C12H15F9.C10H14F6.C9H13F3.2C9H15F3.C8H7F9.C8H12F4.C7H7F7.CH4/c1-4-5(2)8(11(16,17)18)9(12(19,20)21)6(3)7(4)10(13,14)15;1-5-3-6(2)8(10(14,15)16)7(4-5)9(11,12)13;1-5-6-3-4-7(5)8(6,2)9(10,11)12;1-6-3-7(2)5-8(4-6)9(10,11)12;1-6-4-3-5-8(7(6)2)9(10,11)12;1-3-5(10,11)4(2,9)7(14,15)8(16,17)6(3,12)13;1-3-5(9)4(2)7(11)8(12)6(3)10;1-3-5(9,10)4(2,8)7(13,14)6(3,11)12;/h4-9H,1-3H3;5-8H,3-4H2,1-2H3;5-7H,3-4H2,1-2H3;2*6-8H,3-5H2,1-2H3;3H,1-2H3;3-8H,1-2H3;3H,1-2H3;1H4/t4-,5?,6?,7?,8?,9?;5-,6?,7?,8?;5?,6-,7+,8?;6-,7?,8?;6?,7-,8?;3-,4?;3-,4?,5?,6?,7?,8?;3-,4?;/m10.01000./s1. The quantitative estimate of drug-likeness (QED) is 0.212. The molecule has 0 aromatic carbocycles. The number of rotatable bonds is 0. The molecule has 702 valence electrons. The average molecular weight is 1820 g/mol. The van der Waals surface area contributed by atoms with Gasteiger partial charge in [0.05, 0.1) is 58.7 Å². The van der Waals surface area contributed by atoms with Crippen LogP contribution in [0.25, 0.3) is 0 Å². The van der Waals surface area contributed by atoms with E-state index in [-0.39, 0.29) is 76.0 Å². The van der Waals surface area contributed by atoms with E-state index < -0.39 is 234 Å². The second-order valence-corrected chi connectivity index (χ2v) is 34.2. The molecule has 10 aliphatic rings. The minimum absolute atomic E-state index is 0. The minimum Gasteiger partial charge on any atom is -0.247 e. The van der Waals surface area contributed by atoms with Crippen LogP contribution in [0.1, 0.15) is 189 Å². The maximum absolute atomic E-state index is 13.2. The van der Waals surface area contributed by atoms with Gasteiger partial charge in [-0.25, -0.2) is 43.9 Å². The molecular weight excluding hydrogens is 1710 g/mol. The van der Waals surface area contributed by atoms with E-state index in [2.05, 4.69) is 0 Å². The van der Waals surface area contributed by atoms with Crippen molar-refractivity contribution in [2.75, 3.05) is 0 Å². The lowest BCUT2D eigenvalue weighted by Gasteiger charge is -2.53. The first-order valence-corrected chi connectivity index (χ1v) is 37.0. The maximum atomic E-state index is 13.2. The fraction of sp³-hybridized carbons (Fsp3) is 1.00. The van der Waals surface area contributed by atoms with Gasteiger partial charge in [0.2, 0.25) is 11.3 Å². The van der Waals surface area contributed by atoms with Crippen LogP contribution in [0.3, 0.4) is 0 Å². The molecule has 44 heteroatoms. The van der Waals surface area contributed by atoms with Crippen molar-refractivity contribution in [3.63, 3.8) is 0 Å². The highest BCUT2D eigenvalue weighted by atomic mass is 19.4. The molecule has 0 N–H and O–H groups in total. The van der Waals surface area contributed by atoms with E-state index in [1.807, 2.05) is 27.7 Å². The Balaban J connectivity index is 0.000000673. The Morgan fingerprint density at radius 3 is 0.872 bits per heavy atom. The zero-order valence-electron chi connectivity index (χ0n) is 65.3. The lowest BCUT2D eigenvalue weighted by Crippen LogP contribution is -2.77. The zero-order chi connectivity index (χ0) is 92.7. The summed E-state index contributed by atoms with van der Waals surface area (Å²) >= 11 is 0. The first-order chi connectivity index (χ1) is 50.9. The predicted octanol–water partition coefficient (Wildman–Crippen LogP) is 30.8. The van der Waals surface area contributed by atoms with Gasteiger partial charge in [-0.2, -0.15) is 149 Å². The Kier molecular flexibility index (Phi) is 35.3. The summed E-state index contributed by atoms with van der Waals surface area (Å²) < 4.78 is 560. The van der Waals surface area contributed by atoms with Crippen molar-refractivity contribution in [1.82, 2.24) is 0 Å². The minimum atomic E-state index is -6.19. The summed E-state index contributed by atoms with van der Waals surface area (Å²) in [5.41, 5.74) is -10.9. The van der Waals surface area contributed by atoms with Crippen LogP contribution in [0.4, 0.5) is 193 Å². The molecule has 0 nitrogen and oxygen atoms in total. The first kappa shape index (κ1) is 112. The third-order valence-electron chi connectivity index (χ3n) is 26.3. The summed E-state index contributed by atoms with van der Waals surface area (Å²) in [5.74, 6) is -68.2. The molecule has 0 radical (unpaired) electrons. The van der Waals surface area contributed by atoms with Crippen LogP contribution in [0, 0.1) is 142 Å². The van der Waals surface area contributed by atoms with Crippen LogP contribution < -0.4 is 0 Å². The Labute approximate surface area is 649 Å². The molecule has 117 heavy (non-hydrogen) atoms. The van der Waals surface area contributed by atoms with Crippen molar-refractivity contribution in [3.8, 4) is 0 Å². The summed E-state index contributed by atoms with van der Waals surface area (Å²) in [5, 5.41) is 0. The average Bonchev–Trinajstić information content (AvgIpc) is 1.65. The molecule has 10 rings (SSSR count). The van der Waals surface area contributed by atoms with E-state index in [1.54, 1.807) is 13.8 Å². The van der Waals surface area contributed by atoms with Gasteiger partial charge < -0.3 is 0 Å². The van der Waals surface area contributed by atoms with Crippen molar-refractivity contribution in [2.24, 2.45) is 142 Å². The highest BCUT2D eigenvalue weighted by molar-refractivity contribution is 5.21. The van der Waals surface area contributed by atoms with Gasteiger partial charge in [0.1, 0.15) is 18.5 Å². The second-order valence-electron chi connectivity index (χ2n) is 34.2. The van der Waals surface area contributed by atoms with Crippen molar-refractivity contribution >= 4 is 0 Å². The van der Waals surface area contributed by atoms with Gasteiger partial charge in [0.15, 0.2) is 6.17 Å². The molecule has 0 spiro atoms. The fourth-order valence-electron chi connectivity index (χ4n) is 18.7. The molecular formula is C73H102F44. The van der Waals surface area contributed by atoms with E-state index >= 15 is 0 Å². The number of fused-ring (bicyclic) bond motifs is 1. The van der Waals surface area contributed by atoms with E-state index in [1.165, 1.54) is 27.7 Å². The van der Waals surface area contributed by atoms with Gasteiger partial charge in [-0.15, -0.1) is 0 Å². The van der Waals surface area contributed by atoms with Gasteiger partial charge in [0.25, 0.3) is 11.8 Å². The van der Waals surface area contributed by atoms with E-state index in [4.69, 9.17) is 0 Å². The van der Waals surface area contributed by atoms with E-state index in [0.717, 1.165) is 46.0 Å². The summed E-state index contributed by atoms with van der Waals surface area (Å²) in [6.45, 7) is 17.9. The molecule has 10 aliphatic carbocycles. The second kappa shape index (κ2) is 36.8. The number of halogens is 44. The van der Waals surface area contributed by atoms with Crippen LogP contribution in [-0.4, -0.2) is 127 Å². The van der Waals surface area contributed by atoms with Crippen LogP contribution >= 0.6 is 0 Å². The SMILES string of the molecule is C.CC1C(C(F)(F)F)C(C(F)(F)F)C(C)[C@@H](C)C1C(F)(F)F.CC1C(F)C(F)C(F)[C@@H](C)C1F.CC1CC(C(F)(F)F)C[C@@H](C)C1.CC1CCCC(C(F)(F)F)[C@@H]1C.CC1C[C@H](C)CC(C(F)(F)F)C1C(F)(F)F.CC1[C@H]2CC[C@@H]1C2(C)C(F)(F)F.C[C@H]1C(F)(F)C(C)(F)C(F)(F)C(F)(F)C1(F)F.C[C@H]1C(F)(F)C(C)(F)C(F)(F)C1(F)F. The summed E-state index contributed by atoms with van der Waals surface area (Å²) in [4.78, 5) is 0. The highest BCUT2D eigenvalue weighted by Crippen LogP contribution is 2.72. The maximum Gasteiger partial charge on any atom is 0.394 e. The van der Waals surface area contributed by atoms with Crippen LogP contribution in [-0.2, 0) is 0 Å². The van der Waals surface area contributed by atoms with Crippen LogP contribution in [0.5, 0.6) is 0 Å². The largest absolute Gasteiger partial charge is 0.394 e. The first-order valence-electron chi connectivity index (χ1n) is 37.0. The Bertz CT molecular complexity index is 2900. The molecule has 10 fully saturated rings. The number of hydrogen-bond acceptors (Lipinski definition) is 0. The monoisotopic (exact) mass is 1810 g/mol. The Morgan fingerprint density at radius 1 is 0.256 bits per heavy atom. The fourth-order valence-corrected chi connectivity index (χ4v) is 18.7. The van der Waals surface area contributed by atoms with Gasteiger partial charge in [-0.3, -0.25) is 0 Å². The molecule has 10 saturated carbocycles. The number of alkyl halides is 44. The smallest absolute Gasteiger partial charge is 0.247 e. The van der Waals surface area contributed by atoms with Gasteiger partial charge in [-0.1, -0.05) is 124 Å². The molecule has 2 bridgehead atoms. The molecule has 0 heterocycles. The molecule has 0 aromatic heterocycles.